The number of benzene rings is 1. The van der Waals surface area contributed by atoms with E-state index in [1.54, 1.807) is 26.8 Å². The highest BCUT2D eigenvalue weighted by Crippen LogP contribution is 2.40. The first kappa shape index (κ1) is 19.2. The lowest BCUT2D eigenvalue weighted by Crippen LogP contribution is -2.32. The van der Waals surface area contributed by atoms with Crippen LogP contribution in [0, 0.1) is 10.1 Å². The van der Waals surface area contributed by atoms with Gasteiger partial charge in [0.1, 0.15) is 0 Å². The van der Waals surface area contributed by atoms with Crippen LogP contribution >= 0.6 is 0 Å². The van der Waals surface area contributed by atoms with Crippen LogP contribution in [-0.4, -0.2) is 30.6 Å². The van der Waals surface area contributed by atoms with Crippen LogP contribution in [0.2, 0.25) is 0 Å². The molecule has 1 N–H and O–H groups in total. The molecule has 0 fully saturated rings. The number of nitrogens with zero attached hydrogens (tertiary/aromatic N) is 1. The molecule has 2 rings (SSSR count). The van der Waals surface area contributed by atoms with Gasteiger partial charge < -0.3 is 14.8 Å². The van der Waals surface area contributed by atoms with E-state index in [4.69, 9.17) is 9.47 Å². The number of nitro benzene ring substituents is 1. The second-order valence-corrected chi connectivity index (χ2v) is 5.70. The summed E-state index contributed by atoms with van der Waals surface area (Å²) in [7, 11) is 1.24. The summed E-state index contributed by atoms with van der Waals surface area (Å²) < 4.78 is 10.0. The highest BCUT2D eigenvalue weighted by atomic mass is 16.6. The van der Waals surface area contributed by atoms with Crippen LogP contribution in [0.15, 0.2) is 46.8 Å². The van der Waals surface area contributed by atoms with E-state index in [9.17, 15) is 19.7 Å². The molecule has 0 saturated heterocycles. The third-order valence-electron chi connectivity index (χ3n) is 4.08. The van der Waals surface area contributed by atoms with E-state index in [0.29, 0.717) is 17.0 Å². The smallest absolute Gasteiger partial charge is 0.336 e. The van der Waals surface area contributed by atoms with Crippen molar-refractivity contribution in [2.45, 2.75) is 26.7 Å². The average Bonchev–Trinajstić information content (AvgIpc) is 2.60. The molecular formula is C18H20N2O6. The molecule has 8 nitrogen and oxygen atoms in total. The maximum Gasteiger partial charge on any atom is 0.336 e. The maximum absolute atomic E-state index is 12.5. The lowest BCUT2D eigenvalue weighted by molar-refractivity contribution is -0.384. The van der Waals surface area contributed by atoms with Crippen molar-refractivity contribution in [1.29, 1.82) is 0 Å². The number of ether oxygens (including phenoxy) is 2. The highest BCUT2D eigenvalue weighted by molar-refractivity contribution is 5.99. The zero-order valence-corrected chi connectivity index (χ0v) is 15.0. The summed E-state index contributed by atoms with van der Waals surface area (Å²) in [5.74, 6) is -2.05. The van der Waals surface area contributed by atoms with E-state index in [-0.39, 0.29) is 23.4 Å². The van der Waals surface area contributed by atoms with Crippen LogP contribution in [0.25, 0.3) is 0 Å². The Hall–Kier alpha value is -3.16. The summed E-state index contributed by atoms with van der Waals surface area (Å²) in [4.78, 5) is 35.5. The van der Waals surface area contributed by atoms with Crippen LogP contribution in [0.3, 0.4) is 0 Å². The molecule has 0 bridgehead atoms. The lowest BCUT2D eigenvalue weighted by Gasteiger charge is -2.30. The summed E-state index contributed by atoms with van der Waals surface area (Å²) in [6.07, 6.45) is 0. The molecule has 1 aromatic rings. The second kappa shape index (κ2) is 7.81. The predicted octanol–water partition coefficient (Wildman–Crippen LogP) is 2.57. The molecular weight excluding hydrogens is 339 g/mol. The number of dihydropyridines is 1. The standard InChI is InChI=1S/C18H20N2O6/c1-5-26-18(22)15-11(3)19-10(2)14(17(21)25-4)16(15)12-7-6-8-13(9-12)20(23)24/h6-9,16,19H,5H2,1-4H3/i4-1. The average molecular weight is 359 g/mol. The van der Waals surface area contributed by atoms with E-state index in [2.05, 4.69) is 5.32 Å². The minimum absolute atomic E-state index is 0.135. The molecule has 1 atom stereocenters. The Kier molecular flexibility index (Phi) is 5.76. The largest absolute Gasteiger partial charge is 0.466 e. The summed E-state index contributed by atoms with van der Waals surface area (Å²) in [6, 6.07) is 5.84. The first-order valence-electron chi connectivity index (χ1n) is 8.00. The number of esters is 2. The van der Waals surface area contributed by atoms with Gasteiger partial charge in [-0.15, -0.1) is 0 Å². The fourth-order valence-electron chi connectivity index (χ4n) is 3.01. The van der Waals surface area contributed by atoms with Gasteiger partial charge in [-0.05, 0) is 26.3 Å². The summed E-state index contributed by atoms with van der Waals surface area (Å²) >= 11 is 0. The van der Waals surface area contributed by atoms with Crippen LogP contribution in [0.5, 0.6) is 0 Å². The number of carbonyl (C=O) groups is 2. The Bertz CT molecular complexity index is 825. The Labute approximate surface area is 150 Å². The molecule has 26 heavy (non-hydrogen) atoms. The molecule has 0 spiro atoms. The molecule has 0 saturated carbocycles. The zero-order chi connectivity index (χ0) is 19.4. The van der Waals surface area contributed by atoms with Gasteiger partial charge in [0, 0.05) is 23.5 Å². The lowest BCUT2D eigenvalue weighted by atomic mass is 9.80. The van der Waals surface area contributed by atoms with Crippen molar-refractivity contribution in [2.24, 2.45) is 0 Å². The van der Waals surface area contributed by atoms with E-state index in [1.807, 2.05) is 0 Å². The summed E-state index contributed by atoms with van der Waals surface area (Å²) in [5, 5.41) is 14.1. The number of carbonyl (C=O) groups excluding carboxylic acids is 2. The maximum atomic E-state index is 12.5. The Morgan fingerprint density at radius 1 is 1.19 bits per heavy atom. The third kappa shape index (κ3) is 3.58. The first-order chi connectivity index (χ1) is 12.3. The molecule has 1 aliphatic rings. The van der Waals surface area contributed by atoms with Gasteiger partial charge >= 0.3 is 11.9 Å². The number of methoxy groups -OCH3 is 1. The highest BCUT2D eigenvalue weighted by Gasteiger charge is 2.38. The molecule has 138 valence electrons. The van der Waals surface area contributed by atoms with E-state index in [1.165, 1.54) is 25.3 Å². The number of allylic oxidation sites excluding steroid dienone is 2. The van der Waals surface area contributed by atoms with Crippen molar-refractivity contribution in [1.82, 2.24) is 5.32 Å². The number of rotatable bonds is 5. The van der Waals surface area contributed by atoms with Gasteiger partial charge in [0.05, 0.1) is 35.7 Å². The minimum Gasteiger partial charge on any atom is -0.466 e. The topological polar surface area (TPSA) is 108 Å². The molecule has 1 heterocycles. The van der Waals surface area contributed by atoms with Crippen molar-refractivity contribution in [2.75, 3.05) is 13.7 Å². The van der Waals surface area contributed by atoms with Gasteiger partial charge in [0.2, 0.25) is 0 Å². The molecule has 1 aromatic carbocycles. The number of nitro groups is 1. The number of non-ortho nitro benzene ring substituents is 1. The molecule has 0 amide bonds. The van der Waals surface area contributed by atoms with Gasteiger partial charge in [-0.2, -0.15) is 0 Å². The Balaban J connectivity index is 2.70. The quantitative estimate of drug-likeness (QED) is 0.489. The number of hydrogen-bond donors (Lipinski definition) is 1. The molecule has 1 unspecified atom stereocenters. The third-order valence-corrected chi connectivity index (χ3v) is 4.08. The molecule has 0 aromatic heterocycles. The van der Waals surface area contributed by atoms with Crippen LogP contribution < -0.4 is 5.32 Å². The van der Waals surface area contributed by atoms with E-state index in [0.717, 1.165) is 0 Å². The molecule has 0 aliphatic carbocycles. The summed E-state index contributed by atoms with van der Waals surface area (Å²) in [5.41, 5.74) is 1.76. The van der Waals surface area contributed by atoms with Gasteiger partial charge in [0.25, 0.3) is 5.69 Å². The van der Waals surface area contributed by atoms with Crippen molar-refractivity contribution < 1.29 is 24.0 Å². The van der Waals surface area contributed by atoms with Crippen LogP contribution in [0.4, 0.5) is 5.69 Å². The number of hydrogen-bond acceptors (Lipinski definition) is 7. The Morgan fingerprint density at radius 3 is 2.35 bits per heavy atom. The van der Waals surface area contributed by atoms with Gasteiger partial charge in [0.15, 0.2) is 0 Å². The fraction of sp³-hybridized carbons (Fsp3) is 0.333. The zero-order valence-electron chi connectivity index (χ0n) is 15.0. The van der Waals surface area contributed by atoms with Crippen molar-refractivity contribution in [3.8, 4) is 0 Å². The van der Waals surface area contributed by atoms with Gasteiger partial charge in [-0.1, -0.05) is 12.1 Å². The van der Waals surface area contributed by atoms with Crippen LogP contribution in [-0.2, 0) is 19.1 Å². The molecule has 0 radical (unpaired) electrons. The SMILES string of the molecule is CCOC(=O)C1=C(C)NC(C)=C(C(=O)O[11CH3])C1c1cccc([N+](=O)[O-])c1. The van der Waals surface area contributed by atoms with Crippen molar-refractivity contribution in [3.05, 3.63) is 62.5 Å². The first-order valence-corrected chi connectivity index (χ1v) is 8.00. The van der Waals surface area contributed by atoms with Crippen molar-refractivity contribution >= 4 is 17.6 Å². The minimum atomic E-state index is -0.831. The Morgan fingerprint density at radius 2 is 1.81 bits per heavy atom. The van der Waals surface area contributed by atoms with Crippen molar-refractivity contribution in [3.63, 3.8) is 0 Å². The number of nitrogens with one attached hydrogen (secondary N) is 1. The van der Waals surface area contributed by atoms with E-state index >= 15 is 0 Å². The molecule has 8 heteroatoms. The van der Waals surface area contributed by atoms with E-state index < -0.39 is 22.8 Å². The monoisotopic (exact) mass is 359 g/mol. The molecule has 1 aliphatic heterocycles. The predicted molar refractivity (Wildman–Crippen MR) is 93.0 cm³/mol. The second-order valence-electron chi connectivity index (χ2n) is 5.70. The van der Waals surface area contributed by atoms with Gasteiger partial charge in [-0.25, -0.2) is 9.59 Å². The summed E-state index contributed by atoms with van der Waals surface area (Å²) in [6.45, 7) is 5.21. The fourth-order valence-corrected chi connectivity index (χ4v) is 3.01. The van der Waals surface area contributed by atoms with Crippen LogP contribution in [0.1, 0.15) is 32.3 Å². The normalized spacial score (nSPS) is 16.8. The van der Waals surface area contributed by atoms with Gasteiger partial charge in [-0.3, -0.25) is 10.1 Å².